The number of alkyl halides is 3. The highest BCUT2D eigenvalue weighted by Gasteiger charge is 2.38. The van der Waals surface area contributed by atoms with E-state index in [1.54, 1.807) is 41.3 Å². The molecule has 2 heterocycles. The Morgan fingerprint density at radius 2 is 2.04 bits per heavy atom. The number of benzene rings is 1. The number of hydrogen-bond donors (Lipinski definition) is 1. The molecule has 3 rings (SSSR count). The van der Waals surface area contributed by atoms with Crippen LogP contribution in [-0.4, -0.2) is 27.0 Å². The van der Waals surface area contributed by atoms with Crippen LogP contribution in [0.3, 0.4) is 0 Å². The first-order chi connectivity index (χ1) is 12.5. The highest BCUT2D eigenvalue weighted by atomic mass is 19.4. The van der Waals surface area contributed by atoms with Crippen molar-refractivity contribution in [2.75, 3.05) is 7.11 Å². The van der Waals surface area contributed by atoms with Crippen molar-refractivity contribution in [3.8, 4) is 23.4 Å². The predicted molar refractivity (Wildman–Crippen MR) is 83.1 cm³/mol. The van der Waals surface area contributed by atoms with Gasteiger partial charge in [0.25, 0.3) is 0 Å². The van der Waals surface area contributed by atoms with Crippen LogP contribution in [0.15, 0.2) is 41.2 Å². The van der Waals surface area contributed by atoms with Gasteiger partial charge in [0.1, 0.15) is 0 Å². The number of nitrogens with one attached hydrogen (secondary N) is 1. The number of nitrogens with zero attached hydrogens (tertiary/aromatic N) is 4. The Labute approximate surface area is 145 Å². The van der Waals surface area contributed by atoms with Crippen LogP contribution in [0.1, 0.15) is 17.0 Å². The summed E-state index contributed by atoms with van der Waals surface area (Å²) in [7, 11) is 1.46. The Balaban J connectivity index is 1.68. The number of hydroxylamine groups is 1. The van der Waals surface area contributed by atoms with Gasteiger partial charge in [-0.1, -0.05) is 29.4 Å². The molecule has 1 aromatic carbocycles. The SMILES string of the molecule is CONC#Cc1cnn(Cc2ccc(-c3noc(C(F)(F)F)n3)cc2)c1. The second kappa shape index (κ2) is 7.28. The highest BCUT2D eigenvalue weighted by Crippen LogP contribution is 2.29. The summed E-state index contributed by atoms with van der Waals surface area (Å²) in [5.41, 5.74) is 4.42. The lowest BCUT2D eigenvalue weighted by molar-refractivity contribution is -0.159. The molecule has 0 spiro atoms. The van der Waals surface area contributed by atoms with Crippen LogP contribution in [0, 0.1) is 12.0 Å². The summed E-state index contributed by atoms with van der Waals surface area (Å²) in [4.78, 5) is 7.96. The monoisotopic (exact) mass is 363 g/mol. The summed E-state index contributed by atoms with van der Waals surface area (Å²) in [6, 6.07) is 9.32. The van der Waals surface area contributed by atoms with Crippen molar-refractivity contribution >= 4 is 0 Å². The first kappa shape index (κ1) is 17.5. The van der Waals surface area contributed by atoms with Gasteiger partial charge in [-0.3, -0.25) is 9.52 Å². The molecular weight excluding hydrogens is 351 g/mol. The van der Waals surface area contributed by atoms with Gasteiger partial charge >= 0.3 is 12.1 Å². The smallest absolute Gasteiger partial charge is 0.329 e. The maximum absolute atomic E-state index is 12.5. The molecule has 0 saturated carbocycles. The summed E-state index contributed by atoms with van der Waals surface area (Å²) < 4.78 is 43.4. The molecule has 0 fully saturated rings. The third kappa shape index (κ3) is 4.20. The lowest BCUT2D eigenvalue weighted by Crippen LogP contribution is -2.04. The van der Waals surface area contributed by atoms with E-state index in [0.717, 1.165) is 5.56 Å². The topological polar surface area (TPSA) is 78.0 Å². The van der Waals surface area contributed by atoms with Crippen molar-refractivity contribution in [1.29, 1.82) is 0 Å². The average Bonchev–Trinajstić information content (AvgIpc) is 3.25. The first-order valence-electron chi connectivity index (χ1n) is 7.27. The van der Waals surface area contributed by atoms with Gasteiger partial charge in [-0.2, -0.15) is 23.3 Å². The molecule has 26 heavy (non-hydrogen) atoms. The lowest BCUT2D eigenvalue weighted by Gasteiger charge is -2.02. The number of rotatable bonds is 4. The van der Waals surface area contributed by atoms with E-state index in [9.17, 15) is 13.2 Å². The van der Waals surface area contributed by atoms with Crippen LogP contribution in [-0.2, 0) is 17.6 Å². The largest absolute Gasteiger partial charge is 0.471 e. The summed E-state index contributed by atoms with van der Waals surface area (Å²) in [6.45, 7) is 0.472. The van der Waals surface area contributed by atoms with Gasteiger partial charge in [-0.05, 0) is 11.5 Å². The van der Waals surface area contributed by atoms with Crippen LogP contribution >= 0.6 is 0 Å². The molecule has 3 aromatic rings. The van der Waals surface area contributed by atoms with E-state index in [4.69, 9.17) is 0 Å². The maximum Gasteiger partial charge on any atom is 0.471 e. The molecule has 2 aromatic heterocycles. The van der Waals surface area contributed by atoms with Crippen molar-refractivity contribution in [3.05, 3.63) is 53.7 Å². The fraction of sp³-hybridized carbons (Fsp3) is 0.188. The molecule has 134 valence electrons. The fourth-order valence-corrected chi connectivity index (χ4v) is 2.07. The Morgan fingerprint density at radius 3 is 2.69 bits per heavy atom. The van der Waals surface area contributed by atoms with Crippen LogP contribution < -0.4 is 5.48 Å². The molecule has 0 atom stereocenters. The fourth-order valence-electron chi connectivity index (χ4n) is 2.07. The summed E-state index contributed by atoms with van der Waals surface area (Å²) in [5.74, 6) is 1.32. The molecule has 0 saturated heterocycles. The van der Waals surface area contributed by atoms with Crippen molar-refractivity contribution in [1.82, 2.24) is 25.4 Å². The Kier molecular flexibility index (Phi) is 4.90. The minimum atomic E-state index is -4.66. The zero-order chi connectivity index (χ0) is 18.6. The average molecular weight is 363 g/mol. The number of hydrogen-bond acceptors (Lipinski definition) is 6. The molecule has 0 aliphatic heterocycles. The van der Waals surface area contributed by atoms with Crippen LogP contribution in [0.5, 0.6) is 0 Å². The van der Waals surface area contributed by atoms with Crippen molar-refractivity contribution in [2.24, 2.45) is 0 Å². The normalized spacial score (nSPS) is 11.1. The van der Waals surface area contributed by atoms with Gasteiger partial charge in [0.05, 0.1) is 25.4 Å². The van der Waals surface area contributed by atoms with Crippen molar-refractivity contribution < 1.29 is 22.5 Å². The standard InChI is InChI=1S/C16H12F3N5O2/c1-25-21-7-6-12-8-20-24(10-12)9-11-2-4-13(5-3-11)14-22-15(26-23-14)16(17,18)19/h2-5,8,10,21H,9H2,1H3. The van der Waals surface area contributed by atoms with Crippen LogP contribution in [0.25, 0.3) is 11.4 Å². The highest BCUT2D eigenvalue weighted by molar-refractivity contribution is 5.54. The first-order valence-corrected chi connectivity index (χ1v) is 7.27. The number of halogens is 3. The van der Waals surface area contributed by atoms with E-state index < -0.39 is 12.1 Å². The molecule has 0 amide bonds. The van der Waals surface area contributed by atoms with E-state index in [1.165, 1.54) is 7.11 Å². The second-order valence-electron chi connectivity index (χ2n) is 5.10. The van der Waals surface area contributed by atoms with Crippen molar-refractivity contribution in [3.63, 3.8) is 0 Å². The van der Waals surface area contributed by atoms with Gasteiger partial charge in [0.15, 0.2) is 0 Å². The third-order valence-electron chi connectivity index (χ3n) is 3.22. The van der Waals surface area contributed by atoms with E-state index in [2.05, 4.69) is 42.0 Å². The Morgan fingerprint density at radius 1 is 1.27 bits per heavy atom. The molecule has 10 heteroatoms. The van der Waals surface area contributed by atoms with Crippen molar-refractivity contribution in [2.45, 2.75) is 12.7 Å². The van der Waals surface area contributed by atoms with E-state index in [-0.39, 0.29) is 5.82 Å². The molecule has 0 radical (unpaired) electrons. The summed E-state index contributed by atoms with van der Waals surface area (Å²) in [5, 5.41) is 7.53. The van der Waals surface area contributed by atoms with E-state index >= 15 is 0 Å². The van der Waals surface area contributed by atoms with Crippen LogP contribution in [0.4, 0.5) is 13.2 Å². The molecule has 0 aliphatic rings. The summed E-state index contributed by atoms with van der Waals surface area (Å²) in [6.07, 6.45) is -1.30. The minimum Gasteiger partial charge on any atom is -0.329 e. The molecule has 0 unspecified atom stereocenters. The van der Waals surface area contributed by atoms with Crippen LogP contribution in [0.2, 0.25) is 0 Å². The predicted octanol–water partition coefficient (Wildman–Crippen LogP) is 2.46. The quantitative estimate of drug-likeness (QED) is 0.436. The zero-order valence-electron chi connectivity index (χ0n) is 13.4. The molecule has 7 nitrogen and oxygen atoms in total. The maximum atomic E-state index is 12.5. The Hall–Kier alpha value is -3.32. The van der Waals surface area contributed by atoms with Gasteiger partial charge in [0.2, 0.25) is 5.82 Å². The molecular formula is C16H12F3N5O2. The number of aromatic nitrogens is 4. The zero-order valence-corrected chi connectivity index (χ0v) is 13.4. The van der Waals surface area contributed by atoms with Gasteiger partial charge in [-0.15, -0.1) is 0 Å². The third-order valence-corrected chi connectivity index (χ3v) is 3.22. The van der Waals surface area contributed by atoms with Gasteiger partial charge in [0, 0.05) is 17.8 Å². The van der Waals surface area contributed by atoms with E-state index in [0.29, 0.717) is 17.7 Å². The van der Waals surface area contributed by atoms with Gasteiger partial charge < -0.3 is 4.52 Å². The van der Waals surface area contributed by atoms with E-state index in [1.807, 2.05) is 0 Å². The molecule has 0 bridgehead atoms. The molecule has 0 aliphatic carbocycles. The minimum absolute atomic E-state index is 0.119. The molecule has 1 N–H and O–H groups in total. The van der Waals surface area contributed by atoms with Gasteiger partial charge in [-0.25, -0.2) is 5.48 Å². The lowest BCUT2D eigenvalue weighted by atomic mass is 10.1. The second-order valence-corrected chi connectivity index (χ2v) is 5.10. The summed E-state index contributed by atoms with van der Waals surface area (Å²) >= 11 is 0. The Bertz CT molecular complexity index is 935.